The molecule has 3 aromatic heterocycles. The van der Waals surface area contributed by atoms with E-state index in [-0.39, 0.29) is 0 Å². The van der Waals surface area contributed by atoms with Crippen LogP contribution in [0.2, 0.25) is 0 Å². The molecule has 3 heterocycles. The highest BCUT2D eigenvalue weighted by Crippen LogP contribution is 2.39. The highest BCUT2D eigenvalue weighted by Gasteiger charge is 2.45. The minimum atomic E-state index is -3.17. The standard InChI is InChI=1S/C66H44N2OSi/c1-4-20-45(21-5-1)46-22-16-23-47(42-46)48-24-17-25-49(43-48)67-58-34-13-10-30-53(58)57-44-50(40-41-60(57)67)68-59-35-14-11-32-56(59)65-61(68)36-19-38-63(65)70(51-26-6-2-7-27-51,52-28-8-3-9-29-52)64-39-18-33-55-54-31-12-15-37-62(54)69-66(55)64/h1-44H. The lowest BCUT2D eigenvalue weighted by atomic mass is 9.99. The van der Waals surface area contributed by atoms with Gasteiger partial charge in [-0.25, -0.2) is 0 Å². The zero-order valence-corrected chi connectivity index (χ0v) is 39.2. The summed E-state index contributed by atoms with van der Waals surface area (Å²) in [5.41, 5.74) is 13.6. The van der Waals surface area contributed by atoms with Crippen LogP contribution in [0, 0.1) is 0 Å². The van der Waals surface area contributed by atoms with Gasteiger partial charge in [0, 0.05) is 43.7 Å². The summed E-state index contributed by atoms with van der Waals surface area (Å²) in [6.07, 6.45) is 0. The van der Waals surface area contributed by atoms with E-state index >= 15 is 0 Å². The lowest BCUT2D eigenvalue weighted by Gasteiger charge is -2.35. The average molecular weight is 909 g/mol. The molecule has 3 nitrogen and oxygen atoms in total. The number of hydrogen-bond donors (Lipinski definition) is 0. The third kappa shape index (κ3) is 6.07. The predicted molar refractivity (Wildman–Crippen MR) is 297 cm³/mol. The maximum absolute atomic E-state index is 7.02. The molecule has 0 aliphatic rings. The maximum Gasteiger partial charge on any atom is 0.184 e. The highest BCUT2D eigenvalue weighted by molar-refractivity contribution is 7.21. The molecule has 0 unspecified atom stereocenters. The molecule has 11 aromatic carbocycles. The Labute approximate surface area is 406 Å². The molecule has 14 aromatic rings. The molecule has 70 heavy (non-hydrogen) atoms. The van der Waals surface area contributed by atoms with E-state index in [9.17, 15) is 0 Å². The molecule has 0 amide bonds. The topological polar surface area (TPSA) is 23.0 Å². The highest BCUT2D eigenvalue weighted by atomic mass is 28.3. The van der Waals surface area contributed by atoms with Gasteiger partial charge in [0.15, 0.2) is 8.07 Å². The summed E-state index contributed by atoms with van der Waals surface area (Å²) in [5.74, 6) is 0. The Morgan fingerprint density at radius 3 is 1.53 bits per heavy atom. The summed E-state index contributed by atoms with van der Waals surface area (Å²) in [4.78, 5) is 0. The van der Waals surface area contributed by atoms with Crippen molar-refractivity contribution in [3.05, 3.63) is 267 Å². The molecule has 0 bridgehead atoms. The Morgan fingerprint density at radius 1 is 0.286 bits per heavy atom. The number of hydrogen-bond acceptors (Lipinski definition) is 1. The smallest absolute Gasteiger partial charge is 0.184 e. The SMILES string of the molecule is c1ccc(-c2cccc(-c3cccc(-n4c5ccccc5c5cc(-n6c7ccccc7c7c([Si](c8ccccc8)(c8ccccc8)c8cccc9c8oc8ccccc89)cccc76)ccc54)c3)c2)cc1. The monoisotopic (exact) mass is 908 g/mol. The molecule has 0 spiro atoms. The van der Waals surface area contributed by atoms with Crippen LogP contribution in [0.4, 0.5) is 0 Å². The second kappa shape index (κ2) is 16.1. The zero-order valence-electron chi connectivity index (χ0n) is 38.2. The first-order chi connectivity index (χ1) is 34.7. The normalized spacial score (nSPS) is 12.0. The van der Waals surface area contributed by atoms with E-state index in [4.69, 9.17) is 4.42 Å². The van der Waals surface area contributed by atoms with Crippen LogP contribution in [0.3, 0.4) is 0 Å². The zero-order chi connectivity index (χ0) is 46.2. The van der Waals surface area contributed by atoms with Crippen molar-refractivity contribution >= 4 is 94.4 Å². The second-order valence-corrected chi connectivity index (χ2v) is 22.1. The van der Waals surface area contributed by atoms with Crippen LogP contribution in [-0.2, 0) is 0 Å². The molecule has 14 rings (SSSR count). The molecule has 0 aliphatic carbocycles. The molecule has 0 aliphatic heterocycles. The number of furan rings is 1. The maximum atomic E-state index is 7.02. The molecule has 0 saturated heterocycles. The van der Waals surface area contributed by atoms with E-state index in [1.54, 1.807) is 0 Å². The van der Waals surface area contributed by atoms with Crippen molar-refractivity contribution in [2.75, 3.05) is 0 Å². The largest absolute Gasteiger partial charge is 0.456 e. The first-order valence-corrected chi connectivity index (χ1v) is 26.1. The summed E-state index contributed by atoms with van der Waals surface area (Å²) in [7, 11) is -3.17. The number of fused-ring (bicyclic) bond motifs is 9. The number of benzene rings is 11. The Hall–Kier alpha value is -8.96. The van der Waals surface area contributed by atoms with E-state index in [0.29, 0.717) is 0 Å². The van der Waals surface area contributed by atoms with Gasteiger partial charge in [-0.05, 0) is 104 Å². The molecule has 0 radical (unpaired) electrons. The molecular weight excluding hydrogens is 865 g/mol. The molecule has 0 fully saturated rings. The molecule has 328 valence electrons. The first kappa shape index (κ1) is 40.1. The fourth-order valence-electron chi connectivity index (χ4n) is 11.7. The van der Waals surface area contributed by atoms with Gasteiger partial charge in [0.2, 0.25) is 0 Å². The van der Waals surface area contributed by atoms with Crippen LogP contribution in [-0.4, -0.2) is 17.2 Å². The summed E-state index contributed by atoms with van der Waals surface area (Å²) in [5, 5.41) is 12.4. The van der Waals surface area contributed by atoms with Crippen molar-refractivity contribution in [3.8, 4) is 33.6 Å². The first-order valence-electron chi connectivity index (χ1n) is 24.1. The van der Waals surface area contributed by atoms with Gasteiger partial charge in [0.25, 0.3) is 0 Å². The average Bonchev–Trinajstić information content (AvgIpc) is 4.10. The molecule has 0 N–H and O–H groups in total. The van der Waals surface area contributed by atoms with Gasteiger partial charge in [-0.1, -0.05) is 206 Å². The Morgan fingerprint density at radius 2 is 0.771 bits per heavy atom. The van der Waals surface area contributed by atoms with Crippen LogP contribution in [0.1, 0.15) is 0 Å². The summed E-state index contributed by atoms with van der Waals surface area (Å²) >= 11 is 0. The second-order valence-electron chi connectivity index (χ2n) is 18.4. The Balaban J connectivity index is 1.00. The van der Waals surface area contributed by atoms with Crippen molar-refractivity contribution in [1.29, 1.82) is 0 Å². The van der Waals surface area contributed by atoms with E-state index in [1.165, 1.54) is 86.6 Å². The van der Waals surface area contributed by atoms with Crippen LogP contribution in [0.25, 0.3) is 99.2 Å². The minimum absolute atomic E-state index is 0.904. The van der Waals surface area contributed by atoms with Gasteiger partial charge in [0.1, 0.15) is 11.2 Å². The summed E-state index contributed by atoms with van der Waals surface area (Å²) in [6.45, 7) is 0. The van der Waals surface area contributed by atoms with Crippen LogP contribution < -0.4 is 20.7 Å². The van der Waals surface area contributed by atoms with Crippen LogP contribution >= 0.6 is 0 Å². The third-order valence-corrected chi connectivity index (χ3v) is 19.5. The van der Waals surface area contributed by atoms with Crippen LogP contribution in [0.15, 0.2) is 271 Å². The van der Waals surface area contributed by atoms with Gasteiger partial charge < -0.3 is 13.6 Å². The molecule has 0 atom stereocenters. The number of para-hydroxylation sites is 4. The fraction of sp³-hybridized carbons (Fsp3) is 0. The number of rotatable bonds is 8. The lowest BCUT2D eigenvalue weighted by molar-refractivity contribution is 0.671. The molecule has 0 saturated carbocycles. The van der Waals surface area contributed by atoms with E-state index in [2.05, 4.69) is 276 Å². The van der Waals surface area contributed by atoms with Gasteiger partial charge >= 0.3 is 0 Å². The lowest BCUT2D eigenvalue weighted by Crippen LogP contribution is -2.75. The van der Waals surface area contributed by atoms with Crippen molar-refractivity contribution in [2.24, 2.45) is 0 Å². The van der Waals surface area contributed by atoms with E-state index in [1.807, 2.05) is 0 Å². The van der Waals surface area contributed by atoms with E-state index in [0.717, 1.165) is 33.3 Å². The van der Waals surface area contributed by atoms with Gasteiger partial charge in [-0.3, -0.25) is 0 Å². The Kier molecular flexibility index (Phi) is 9.23. The Bertz CT molecular complexity index is 4260. The van der Waals surface area contributed by atoms with Crippen LogP contribution in [0.5, 0.6) is 0 Å². The van der Waals surface area contributed by atoms with E-state index < -0.39 is 8.07 Å². The minimum Gasteiger partial charge on any atom is -0.456 e. The predicted octanol–water partition coefficient (Wildman–Crippen LogP) is 14.5. The summed E-state index contributed by atoms with van der Waals surface area (Å²) < 4.78 is 11.9. The summed E-state index contributed by atoms with van der Waals surface area (Å²) in [6, 6.07) is 98.1. The molecular formula is C66H44N2OSi. The van der Waals surface area contributed by atoms with Crippen molar-refractivity contribution in [1.82, 2.24) is 9.13 Å². The molecule has 4 heteroatoms. The number of aromatic nitrogens is 2. The quantitative estimate of drug-likeness (QED) is 0.110. The van der Waals surface area contributed by atoms with Crippen molar-refractivity contribution < 1.29 is 4.42 Å². The van der Waals surface area contributed by atoms with Crippen molar-refractivity contribution in [3.63, 3.8) is 0 Å². The fourth-order valence-corrected chi connectivity index (χ4v) is 16.8. The van der Waals surface area contributed by atoms with Gasteiger partial charge in [-0.2, -0.15) is 0 Å². The van der Waals surface area contributed by atoms with Gasteiger partial charge in [0.05, 0.1) is 22.1 Å². The third-order valence-electron chi connectivity index (χ3n) is 14.6. The van der Waals surface area contributed by atoms with Gasteiger partial charge in [-0.15, -0.1) is 0 Å². The van der Waals surface area contributed by atoms with Crippen molar-refractivity contribution in [2.45, 2.75) is 0 Å². The number of nitrogens with zero attached hydrogens (tertiary/aromatic N) is 2.